The number of hydrogen-bond acceptors (Lipinski definition) is 14. The zero-order valence-electron chi connectivity index (χ0n) is 40.2. The quantitative estimate of drug-likeness (QED) is 0.195. The number of carbonyl (C=O) groups is 2. The number of amides is 1. The normalized spacial score (nSPS) is 47.3. The van der Waals surface area contributed by atoms with Gasteiger partial charge in [-0.05, 0) is 62.8 Å². The summed E-state index contributed by atoms with van der Waals surface area (Å²) >= 11 is 0. The van der Waals surface area contributed by atoms with Gasteiger partial charge >= 0.3 is 5.97 Å². The molecule has 4 saturated heterocycles. The van der Waals surface area contributed by atoms with Gasteiger partial charge in [-0.3, -0.25) is 9.59 Å². The van der Waals surface area contributed by atoms with E-state index in [0.29, 0.717) is 36.8 Å². The Hall–Kier alpha value is -2.80. The summed E-state index contributed by atoms with van der Waals surface area (Å²) < 4.78 is 64.4. The van der Waals surface area contributed by atoms with E-state index in [0.717, 1.165) is 12.0 Å². The fraction of sp³-hybridized carbons (Fsp3) is 0.760. The number of ether oxygens (including phenoxy) is 10. The molecule has 0 aromatic heterocycles. The third kappa shape index (κ3) is 10.6. The molecule has 6 aliphatic heterocycles. The van der Waals surface area contributed by atoms with Crippen LogP contribution in [-0.2, 0) is 57.0 Å². The second-order valence-corrected chi connectivity index (χ2v) is 19.7. The topological polar surface area (TPSA) is 179 Å². The fourth-order valence-electron chi connectivity index (χ4n) is 11.0. The Morgan fingerprint density at radius 1 is 0.938 bits per heavy atom. The van der Waals surface area contributed by atoms with Crippen LogP contribution in [0.15, 0.2) is 59.3 Å². The number of nitrogens with one attached hydrogen (secondary N) is 1. The van der Waals surface area contributed by atoms with Crippen molar-refractivity contribution >= 4 is 11.9 Å². The molecule has 1 unspecified atom stereocenters. The van der Waals surface area contributed by atoms with Crippen molar-refractivity contribution in [3.63, 3.8) is 0 Å². The highest BCUT2D eigenvalue weighted by molar-refractivity contribution is 5.78. The number of allylic oxidation sites excluding steroid dienone is 2. The van der Waals surface area contributed by atoms with Gasteiger partial charge in [-0.2, -0.15) is 0 Å². The van der Waals surface area contributed by atoms with E-state index in [2.05, 4.69) is 45.2 Å². The summed E-state index contributed by atoms with van der Waals surface area (Å²) in [5, 5.41) is 26.7. The van der Waals surface area contributed by atoms with Gasteiger partial charge in [0.25, 0.3) is 0 Å². The maximum absolute atomic E-state index is 14.4. The van der Waals surface area contributed by atoms with E-state index >= 15 is 0 Å². The molecule has 15 heteroatoms. The van der Waals surface area contributed by atoms with E-state index in [4.69, 9.17) is 47.4 Å². The van der Waals surface area contributed by atoms with Crippen LogP contribution in [0, 0.1) is 23.7 Å². The molecular weight excluding hydrogens is 839 g/mol. The van der Waals surface area contributed by atoms with E-state index in [1.165, 1.54) is 6.92 Å². The first-order valence-corrected chi connectivity index (χ1v) is 23.8. The number of aliphatic hydroxyl groups is 2. The van der Waals surface area contributed by atoms with Crippen molar-refractivity contribution in [2.75, 3.05) is 20.8 Å². The molecule has 3 N–H and O–H groups in total. The summed E-state index contributed by atoms with van der Waals surface area (Å²) in [5.74, 6) is -2.75. The number of hydrogen-bond donors (Lipinski definition) is 3. The molecule has 20 atom stereocenters. The Morgan fingerprint density at radius 2 is 1.65 bits per heavy atom. The average molecular weight is 914 g/mol. The maximum Gasteiger partial charge on any atom is 0.316 e. The number of rotatable bonds is 9. The Morgan fingerprint density at radius 3 is 2.35 bits per heavy atom. The van der Waals surface area contributed by atoms with Crippen molar-refractivity contribution in [2.45, 2.75) is 198 Å². The molecule has 15 nitrogen and oxygen atoms in total. The molecular formula is C50H75NO14. The predicted octanol–water partition coefficient (Wildman–Crippen LogP) is 5.52. The molecule has 1 aliphatic carbocycles. The standard InChI is InChI=1S/C50H75NO14/c1-12-26(2)45-29(5)18-19-49(65-45)24-36-21-35(64-49)17-16-28(4)44(27(3)14-13-15-34-25-58-47-43(53)30(6)20-37(48(54)61-36)50(34,47)55)62-41-23-39(57-11)46(32(8)60-41)63-40-22-38(56-10)42(31(7)59-40)51-33(9)52/h13-16,18-20,26-27,29,31-32,35-47,53,55H,12,17,21-25H2,1-11H3,(H,51,52)/b14-13+,28-16+,34-15+/t26-,27-,29-,31-,32-,35+,36-,37?,38-,39-,40-,41-,42+,43+,44-,45+,46-,47+,49+,50+/m0/s1. The van der Waals surface area contributed by atoms with E-state index in [-0.39, 0.29) is 61.0 Å². The minimum atomic E-state index is -1.84. The average Bonchev–Trinajstić information content (AvgIpc) is 3.61. The number of carbonyl (C=O) groups excluding carboxylic acids is 2. The van der Waals surface area contributed by atoms with Crippen molar-refractivity contribution in [3.05, 3.63) is 59.3 Å². The van der Waals surface area contributed by atoms with Gasteiger partial charge in [0.05, 0.1) is 55.4 Å². The number of methoxy groups -OCH3 is 2. The highest BCUT2D eigenvalue weighted by Crippen LogP contribution is 2.47. The predicted molar refractivity (Wildman–Crippen MR) is 239 cm³/mol. The minimum Gasteiger partial charge on any atom is -0.462 e. The molecule has 4 fully saturated rings. The van der Waals surface area contributed by atoms with Crippen LogP contribution in [0.5, 0.6) is 0 Å². The highest BCUT2D eigenvalue weighted by atomic mass is 16.7. The summed E-state index contributed by atoms with van der Waals surface area (Å²) in [7, 11) is 3.27. The zero-order chi connectivity index (χ0) is 47.0. The molecule has 6 heterocycles. The Bertz CT molecular complexity index is 1850. The monoisotopic (exact) mass is 914 g/mol. The first-order valence-electron chi connectivity index (χ1n) is 23.8. The lowest BCUT2D eigenvalue weighted by Gasteiger charge is -2.48. The molecule has 0 saturated carbocycles. The largest absolute Gasteiger partial charge is 0.462 e. The van der Waals surface area contributed by atoms with Crippen LogP contribution >= 0.6 is 0 Å². The summed E-state index contributed by atoms with van der Waals surface area (Å²) in [5.41, 5.74) is 0.116. The fourth-order valence-corrected chi connectivity index (χ4v) is 11.0. The molecule has 0 aromatic carbocycles. The second kappa shape index (κ2) is 20.8. The number of fused-ring (bicyclic) bond motifs is 2. The summed E-state index contributed by atoms with van der Waals surface area (Å²) in [6.45, 7) is 17.7. The van der Waals surface area contributed by atoms with Crippen molar-refractivity contribution < 1.29 is 67.2 Å². The smallest absolute Gasteiger partial charge is 0.316 e. The molecule has 2 bridgehead atoms. The van der Waals surface area contributed by atoms with Crippen molar-refractivity contribution in [1.29, 1.82) is 0 Å². The molecule has 1 spiro atoms. The summed E-state index contributed by atoms with van der Waals surface area (Å²) in [6, 6.07) is -0.315. The molecule has 0 radical (unpaired) electrons. The van der Waals surface area contributed by atoms with Crippen molar-refractivity contribution in [2.24, 2.45) is 23.7 Å². The maximum atomic E-state index is 14.4. The van der Waals surface area contributed by atoms with Crippen molar-refractivity contribution in [3.8, 4) is 0 Å². The highest BCUT2D eigenvalue weighted by Gasteiger charge is 2.60. The van der Waals surface area contributed by atoms with Crippen LogP contribution < -0.4 is 5.32 Å². The third-order valence-electron chi connectivity index (χ3n) is 14.9. The van der Waals surface area contributed by atoms with Gasteiger partial charge in [0.15, 0.2) is 18.4 Å². The Balaban J connectivity index is 1.16. The number of aliphatic hydroxyl groups excluding tert-OH is 1. The van der Waals surface area contributed by atoms with E-state index in [9.17, 15) is 19.8 Å². The van der Waals surface area contributed by atoms with E-state index in [1.807, 2.05) is 39.0 Å². The third-order valence-corrected chi connectivity index (χ3v) is 14.9. The molecule has 7 rings (SSSR count). The van der Waals surface area contributed by atoms with Crippen LogP contribution in [0.4, 0.5) is 0 Å². The van der Waals surface area contributed by atoms with Crippen LogP contribution in [0.2, 0.25) is 0 Å². The lowest BCUT2D eigenvalue weighted by molar-refractivity contribution is -0.311. The first-order chi connectivity index (χ1) is 30.9. The van der Waals surface area contributed by atoms with Gasteiger partial charge in [0.2, 0.25) is 5.91 Å². The first kappa shape index (κ1) is 50.1. The van der Waals surface area contributed by atoms with Crippen molar-refractivity contribution in [1.82, 2.24) is 5.32 Å². The minimum absolute atomic E-state index is 0.0270. The van der Waals surface area contributed by atoms with Crippen LogP contribution in [0.3, 0.4) is 0 Å². The molecule has 1 amide bonds. The zero-order valence-corrected chi connectivity index (χ0v) is 40.2. The summed E-state index contributed by atoms with van der Waals surface area (Å²) in [6.07, 6.45) is 9.46. The summed E-state index contributed by atoms with van der Waals surface area (Å²) in [4.78, 5) is 26.3. The SMILES string of the molecule is CC[C@H](C)[C@H]1O[C@]2(C=C[C@@H]1C)C[C@@H]1C[C@@H](C/C=C(\C)[C@@H](O[C@H]3C[C@H](OC)[C@@H](O[C@H]4C[C@H](OC)[C@H](NC(C)=O)[C@H](C)O4)[C@H](C)O3)[C@@H](C)/C=C/C=C3\CO[C@@H]4[C@H](O)C(C)=CC(C(=O)O1)[C@]34O)O2. The molecule has 0 aromatic rings. The van der Waals surface area contributed by atoms with Crippen LogP contribution in [-0.4, -0.2) is 140 Å². The van der Waals surface area contributed by atoms with Crippen LogP contribution in [0.25, 0.3) is 0 Å². The molecule has 65 heavy (non-hydrogen) atoms. The van der Waals surface area contributed by atoms with Crippen LogP contribution in [0.1, 0.15) is 101 Å². The second-order valence-electron chi connectivity index (χ2n) is 19.7. The van der Waals surface area contributed by atoms with E-state index in [1.54, 1.807) is 33.3 Å². The van der Waals surface area contributed by atoms with E-state index < -0.39 is 84.7 Å². The van der Waals surface area contributed by atoms with Gasteiger partial charge in [0, 0.05) is 58.7 Å². The Kier molecular flexibility index (Phi) is 16.0. The molecule has 7 aliphatic rings. The van der Waals surface area contributed by atoms with Gasteiger partial charge in [-0.15, -0.1) is 0 Å². The Labute approximate surface area is 385 Å². The lowest BCUT2D eigenvalue weighted by Crippen LogP contribution is -2.58. The van der Waals surface area contributed by atoms with Gasteiger partial charge in [-0.1, -0.05) is 70.6 Å². The van der Waals surface area contributed by atoms with Gasteiger partial charge < -0.3 is 62.9 Å². The molecule has 364 valence electrons. The van der Waals surface area contributed by atoms with Gasteiger partial charge in [-0.25, -0.2) is 0 Å². The lowest BCUT2D eigenvalue weighted by atomic mass is 9.71. The number of esters is 1. The van der Waals surface area contributed by atoms with Gasteiger partial charge in [0.1, 0.15) is 35.9 Å².